The van der Waals surface area contributed by atoms with Crippen molar-refractivity contribution in [3.05, 3.63) is 95.6 Å². The number of thioether (sulfide) groups is 1. The molecule has 0 unspecified atom stereocenters. The van der Waals surface area contributed by atoms with Gasteiger partial charge in [0.15, 0.2) is 0 Å². The predicted molar refractivity (Wildman–Crippen MR) is 102 cm³/mol. The van der Waals surface area contributed by atoms with Crippen LogP contribution in [-0.4, -0.2) is 5.91 Å². The molecule has 0 bridgehead atoms. The zero-order chi connectivity index (χ0) is 16.8. The van der Waals surface area contributed by atoms with Gasteiger partial charge in [-0.2, -0.15) is 0 Å². The van der Waals surface area contributed by atoms with Gasteiger partial charge in [0, 0.05) is 21.9 Å². The van der Waals surface area contributed by atoms with Gasteiger partial charge in [-0.15, -0.1) is 11.8 Å². The van der Waals surface area contributed by atoms with Gasteiger partial charge in [-0.3, -0.25) is 4.79 Å². The predicted octanol–water partition coefficient (Wildman–Crippen LogP) is 5.54. The molecule has 2 nitrogen and oxygen atoms in total. The average Bonchev–Trinajstić information content (AvgIpc) is 2.62. The molecule has 3 aromatic rings. The Hall–Kier alpha value is -2.52. The van der Waals surface area contributed by atoms with Crippen molar-refractivity contribution in [3.63, 3.8) is 0 Å². The highest BCUT2D eigenvalue weighted by Gasteiger charge is 2.05. The molecule has 3 aromatic carbocycles. The second-order valence-corrected chi connectivity index (χ2v) is 6.67. The smallest absolute Gasteiger partial charge is 0.255 e. The van der Waals surface area contributed by atoms with E-state index in [9.17, 15) is 4.79 Å². The van der Waals surface area contributed by atoms with Gasteiger partial charge in [-0.1, -0.05) is 48.0 Å². The number of amides is 1. The highest BCUT2D eigenvalue weighted by molar-refractivity contribution is 7.98. The molecule has 0 spiro atoms. The number of carbonyl (C=O) groups excluding carboxylic acids is 1. The lowest BCUT2D eigenvalue weighted by Gasteiger charge is -2.07. The van der Waals surface area contributed by atoms with Crippen LogP contribution >= 0.6 is 11.8 Å². The van der Waals surface area contributed by atoms with Crippen molar-refractivity contribution in [3.8, 4) is 0 Å². The first-order chi connectivity index (χ1) is 11.7. The summed E-state index contributed by atoms with van der Waals surface area (Å²) in [5.41, 5.74) is 3.93. The van der Waals surface area contributed by atoms with Crippen LogP contribution in [0.5, 0.6) is 0 Å². The summed E-state index contributed by atoms with van der Waals surface area (Å²) in [5.74, 6) is 0.857. The molecule has 0 aliphatic heterocycles. The molecule has 3 heteroatoms. The zero-order valence-electron chi connectivity index (χ0n) is 13.5. The summed E-state index contributed by atoms with van der Waals surface area (Å²) in [6.45, 7) is 2.01. The number of nitrogens with one attached hydrogen (secondary N) is 1. The molecule has 3 rings (SSSR count). The van der Waals surface area contributed by atoms with Gasteiger partial charge in [-0.05, 0) is 48.9 Å². The fraction of sp³-hybridized carbons (Fsp3) is 0.0952. The minimum Gasteiger partial charge on any atom is -0.322 e. The van der Waals surface area contributed by atoms with Gasteiger partial charge in [0.1, 0.15) is 0 Å². The Kier molecular flexibility index (Phi) is 5.34. The first kappa shape index (κ1) is 16.3. The van der Waals surface area contributed by atoms with Crippen LogP contribution in [0, 0.1) is 6.92 Å². The van der Waals surface area contributed by atoms with Crippen molar-refractivity contribution in [1.29, 1.82) is 0 Å². The molecule has 0 aliphatic rings. The Bertz CT molecular complexity index is 796. The monoisotopic (exact) mass is 333 g/mol. The van der Waals surface area contributed by atoms with Crippen LogP contribution in [0.2, 0.25) is 0 Å². The zero-order valence-corrected chi connectivity index (χ0v) is 14.3. The fourth-order valence-corrected chi connectivity index (χ4v) is 3.14. The molecular weight excluding hydrogens is 314 g/mol. The average molecular weight is 333 g/mol. The number of rotatable bonds is 5. The van der Waals surface area contributed by atoms with Crippen molar-refractivity contribution in [2.75, 3.05) is 5.32 Å². The molecule has 120 valence electrons. The Morgan fingerprint density at radius 2 is 1.54 bits per heavy atom. The standard InChI is InChI=1S/C21H19NOS/c1-16-7-9-18(10-8-16)21(23)22-19-11-13-20(14-12-19)24-15-17-5-3-2-4-6-17/h2-14H,15H2,1H3,(H,22,23). The summed E-state index contributed by atoms with van der Waals surface area (Å²) >= 11 is 1.79. The maximum atomic E-state index is 12.2. The van der Waals surface area contributed by atoms with Crippen LogP contribution < -0.4 is 5.32 Å². The van der Waals surface area contributed by atoms with E-state index in [-0.39, 0.29) is 5.91 Å². The third-order valence-electron chi connectivity index (χ3n) is 3.67. The number of aryl methyl sites for hydroxylation is 1. The second-order valence-electron chi connectivity index (χ2n) is 5.62. The van der Waals surface area contributed by atoms with E-state index in [1.807, 2.05) is 61.5 Å². The molecule has 0 aromatic heterocycles. The fourth-order valence-electron chi connectivity index (χ4n) is 2.28. The van der Waals surface area contributed by atoms with Gasteiger partial charge < -0.3 is 5.32 Å². The highest BCUT2D eigenvalue weighted by atomic mass is 32.2. The molecule has 24 heavy (non-hydrogen) atoms. The quantitative estimate of drug-likeness (QED) is 0.621. The van der Waals surface area contributed by atoms with Gasteiger partial charge in [0.25, 0.3) is 5.91 Å². The number of carbonyl (C=O) groups is 1. The molecule has 0 fully saturated rings. The topological polar surface area (TPSA) is 29.1 Å². The van der Waals surface area contributed by atoms with Crippen molar-refractivity contribution in [2.24, 2.45) is 0 Å². The van der Waals surface area contributed by atoms with Crippen molar-refractivity contribution in [1.82, 2.24) is 0 Å². The molecule has 0 saturated carbocycles. The van der Waals surface area contributed by atoms with Crippen LogP contribution in [-0.2, 0) is 5.75 Å². The van der Waals surface area contributed by atoms with Crippen LogP contribution in [0.4, 0.5) is 5.69 Å². The van der Waals surface area contributed by atoms with Gasteiger partial charge in [-0.25, -0.2) is 0 Å². The largest absolute Gasteiger partial charge is 0.322 e. The maximum absolute atomic E-state index is 12.2. The third kappa shape index (κ3) is 4.49. The van der Waals surface area contributed by atoms with E-state index in [2.05, 4.69) is 29.6 Å². The minimum absolute atomic E-state index is 0.0836. The minimum atomic E-state index is -0.0836. The highest BCUT2D eigenvalue weighted by Crippen LogP contribution is 2.24. The van der Waals surface area contributed by atoms with E-state index in [4.69, 9.17) is 0 Å². The Balaban J connectivity index is 1.58. The lowest BCUT2D eigenvalue weighted by molar-refractivity contribution is 0.102. The molecule has 0 saturated heterocycles. The first-order valence-electron chi connectivity index (χ1n) is 7.85. The lowest BCUT2D eigenvalue weighted by atomic mass is 10.1. The van der Waals surface area contributed by atoms with E-state index < -0.39 is 0 Å². The maximum Gasteiger partial charge on any atom is 0.255 e. The molecular formula is C21H19NOS. The molecule has 0 aliphatic carbocycles. The van der Waals surface area contributed by atoms with Crippen molar-refractivity contribution in [2.45, 2.75) is 17.6 Å². The number of benzene rings is 3. The molecule has 1 N–H and O–H groups in total. The van der Waals surface area contributed by atoms with Crippen molar-refractivity contribution >= 4 is 23.4 Å². The van der Waals surface area contributed by atoms with E-state index >= 15 is 0 Å². The van der Waals surface area contributed by atoms with E-state index in [0.29, 0.717) is 5.56 Å². The number of hydrogen-bond acceptors (Lipinski definition) is 2. The molecule has 0 atom stereocenters. The first-order valence-corrected chi connectivity index (χ1v) is 8.84. The molecule has 0 heterocycles. The van der Waals surface area contributed by atoms with E-state index in [0.717, 1.165) is 17.0 Å². The molecule has 0 radical (unpaired) electrons. The van der Waals surface area contributed by atoms with E-state index in [1.54, 1.807) is 11.8 Å². The van der Waals surface area contributed by atoms with Crippen LogP contribution in [0.3, 0.4) is 0 Å². The summed E-state index contributed by atoms with van der Waals surface area (Å²) in [6, 6.07) is 25.9. The Morgan fingerprint density at radius 1 is 0.875 bits per heavy atom. The third-order valence-corrected chi connectivity index (χ3v) is 4.76. The number of anilines is 1. The summed E-state index contributed by atoms with van der Waals surface area (Å²) < 4.78 is 0. The van der Waals surface area contributed by atoms with Crippen LogP contribution in [0.1, 0.15) is 21.5 Å². The molecule has 1 amide bonds. The van der Waals surface area contributed by atoms with E-state index in [1.165, 1.54) is 10.5 Å². The van der Waals surface area contributed by atoms with Gasteiger partial charge in [0.2, 0.25) is 0 Å². The SMILES string of the molecule is Cc1ccc(C(=O)Nc2ccc(SCc3ccccc3)cc2)cc1. The summed E-state index contributed by atoms with van der Waals surface area (Å²) in [6.07, 6.45) is 0. The Labute approximate surface area is 146 Å². The number of hydrogen-bond donors (Lipinski definition) is 1. The summed E-state index contributed by atoms with van der Waals surface area (Å²) in [7, 11) is 0. The summed E-state index contributed by atoms with van der Waals surface area (Å²) in [5, 5.41) is 2.93. The lowest BCUT2D eigenvalue weighted by Crippen LogP contribution is -2.11. The normalized spacial score (nSPS) is 10.4. The van der Waals surface area contributed by atoms with Crippen LogP contribution in [0.15, 0.2) is 83.8 Å². The second kappa shape index (κ2) is 7.84. The van der Waals surface area contributed by atoms with Crippen LogP contribution in [0.25, 0.3) is 0 Å². The van der Waals surface area contributed by atoms with Gasteiger partial charge in [0.05, 0.1) is 0 Å². The van der Waals surface area contributed by atoms with Gasteiger partial charge >= 0.3 is 0 Å². The van der Waals surface area contributed by atoms with Crippen molar-refractivity contribution < 1.29 is 4.79 Å². The Morgan fingerprint density at radius 3 is 2.21 bits per heavy atom. The summed E-state index contributed by atoms with van der Waals surface area (Å²) in [4.78, 5) is 13.4.